The first-order valence-electron chi connectivity index (χ1n) is 9.45. The van der Waals surface area contributed by atoms with Crippen LogP contribution in [0.1, 0.15) is 40.5 Å². The molecule has 3 aromatic rings. The SMILES string of the molecule is CCCCOC(=O)c1ccc2nc(NC(=S)NC(=O)c3cc(Br)ccc3OC)sc2c1. The van der Waals surface area contributed by atoms with Crippen LogP contribution in [0, 0.1) is 0 Å². The third-order valence-electron chi connectivity index (χ3n) is 4.21. The van der Waals surface area contributed by atoms with Crippen molar-refractivity contribution in [2.75, 3.05) is 19.0 Å². The summed E-state index contributed by atoms with van der Waals surface area (Å²) in [5, 5.41) is 6.14. The average molecular weight is 522 g/mol. The first kappa shape index (κ1) is 23.1. The second kappa shape index (κ2) is 10.7. The molecule has 0 spiro atoms. The summed E-state index contributed by atoms with van der Waals surface area (Å²) in [4.78, 5) is 29.2. The van der Waals surface area contributed by atoms with Crippen molar-refractivity contribution in [3.05, 3.63) is 52.0 Å². The van der Waals surface area contributed by atoms with Gasteiger partial charge in [0.1, 0.15) is 5.75 Å². The number of ether oxygens (including phenoxy) is 2. The molecular formula is C21H20BrN3O4S2. The molecule has 0 saturated carbocycles. The second-order valence-electron chi connectivity index (χ2n) is 6.44. The van der Waals surface area contributed by atoms with Crippen LogP contribution in [-0.4, -0.2) is 35.7 Å². The van der Waals surface area contributed by atoms with Crippen LogP contribution in [0.4, 0.5) is 5.13 Å². The van der Waals surface area contributed by atoms with Crippen molar-refractivity contribution in [2.45, 2.75) is 19.8 Å². The monoisotopic (exact) mass is 521 g/mol. The van der Waals surface area contributed by atoms with E-state index in [0.29, 0.717) is 34.1 Å². The van der Waals surface area contributed by atoms with E-state index in [1.807, 2.05) is 6.92 Å². The fourth-order valence-corrected chi connectivity index (χ4v) is 4.18. The number of methoxy groups -OCH3 is 1. The Bertz CT molecular complexity index is 1130. The van der Waals surface area contributed by atoms with Gasteiger partial charge in [-0.15, -0.1) is 0 Å². The van der Waals surface area contributed by atoms with Gasteiger partial charge in [-0.05, 0) is 55.0 Å². The van der Waals surface area contributed by atoms with E-state index in [9.17, 15) is 9.59 Å². The Morgan fingerprint density at radius 3 is 2.77 bits per heavy atom. The first-order valence-corrected chi connectivity index (χ1v) is 11.5. The normalized spacial score (nSPS) is 10.5. The van der Waals surface area contributed by atoms with E-state index >= 15 is 0 Å². The lowest BCUT2D eigenvalue weighted by atomic mass is 10.2. The molecule has 0 atom stereocenters. The largest absolute Gasteiger partial charge is 0.496 e. The number of carbonyl (C=O) groups excluding carboxylic acids is 2. The molecule has 0 aliphatic carbocycles. The van der Waals surface area contributed by atoms with Crippen LogP contribution in [-0.2, 0) is 4.74 Å². The molecular weight excluding hydrogens is 502 g/mol. The number of thiazole rings is 1. The number of hydrogen-bond acceptors (Lipinski definition) is 7. The van der Waals surface area contributed by atoms with Crippen molar-refractivity contribution in [1.29, 1.82) is 0 Å². The summed E-state index contributed by atoms with van der Waals surface area (Å²) in [6.45, 7) is 2.44. The van der Waals surface area contributed by atoms with Gasteiger partial charge < -0.3 is 14.8 Å². The average Bonchev–Trinajstić information content (AvgIpc) is 3.14. The molecule has 0 saturated heterocycles. The molecule has 0 fully saturated rings. The number of nitrogens with zero attached hydrogens (tertiary/aromatic N) is 1. The molecule has 10 heteroatoms. The number of unbranched alkanes of at least 4 members (excludes halogenated alkanes) is 1. The first-order chi connectivity index (χ1) is 14.9. The van der Waals surface area contributed by atoms with E-state index < -0.39 is 5.91 Å². The minimum absolute atomic E-state index is 0.102. The van der Waals surface area contributed by atoms with Crippen LogP contribution < -0.4 is 15.4 Å². The zero-order valence-electron chi connectivity index (χ0n) is 16.9. The smallest absolute Gasteiger partial charge is 0.338 e. The summed E-state index contributed by atoms with van der Waals surface area (Å²) in [6, 6.07) is 10.3. The van der Waals surface area contributed by atoms with Gasteiger partial charge in [0.2, 0.25) is 0 Å². The number of anilines is 1. The highest BCUT2D eigenvalue weighted by molar-refractivity contribution is 9.10. The molecule has 0 radical (unpaired) electrons. The van der Waals surface area contributed by atoms with E-state index in [-0.39, 0.29) is 11.1 Å². The van der Waals surface area contributed by atoms with E-state index in [4.69, 9.17) is 21.7 Å². The van der Waals surface area contributed by atoms with Gasteiger partial charge in [0.25, 0.3) is 5.91 Å². The Kier molecular flexibility index (Phi) is 7.94. The zero-order valence-corrected chi connectivity index (χ0v) is 20.1. The number of amides is 1. The predicted octanol–water partition coefficient (Wildman–Crippen LogP) is 5.15. The molecule has 1 heterocycles. The molecule has 31 heavy (non-hydrogen) atoms. The summed E-state index contributed by atoms with van der Waals surface area (Å²) in [6.07, 6.45) is 1.79. The number of thiocarbonyl (C=S) groups is 1. The predicted molar refractivity (Wildman–Crippen MR) is 129 cm³/mol. The van der Waals surface area contributed by atoms with Crippen molar-refractivity contribution in [1.82, 2.24) is 10.3 Å². The summed E-state index contributed by atoms with van der Waals surface area (Å²) in [5.41, 5.74) is 1.52. The lowest BCUT2D eigenvalue weighted by Crippen LogP contribution is -2.34. The van der Waals surface area contributed by atoms with Crippen LogP contribution in [0.3, 0.4) is 0 Å². The molecule has 3 rings (SSSR count). The molecule has 0 aliphatic rings. The minimum Gasteiger partial charge on any atom is -0.496 e. The third kappa shape index (κ3) is 5.99. The lowest BCUT2D eigenvalue weighted by Gasteiger charge is -2.10. The topological polar surface area (TPSA) is 89.5 Å². The van der Waals surface area contributed by atoms with Gasteiger partial charge in [0.05, 0.1) is 35.1 Å². The molecule has 0 aliphatic heterocycles. The van der Waals surface area contributed by atoms with Gasteiger partial charge in [0.15, 0.2) is 10.2 Å². The van der Waals surface area contributed by atoms with Gasteiger partial charge in [-0.25, -0.2) is 9.78 Å². The standard InChI is InChI=1S/C21H20BrN3O4S2/c1-3-4-9-29-19(27)12-5-7-15-17(10-12)31-21(23-15)25-20(30)24-18(26)14-11-13(22)6-8-16(14)28-2/h5-8,10-11H,3-4,9H2,1-2H3,(H2,23,24,25,26,30). The number of hydrogen-bond donors (Lipinski definition) is 2. The lowest BCUT2D eigenvalue weighted by molar-refractivity contribution is 0.0500. The van der Waals surface area contributed by atoms with Gasteiger partial charge in [-0.2, -0.15) is 0 Å². The van der Waals surface area contributed by atoms with E-state index in [0.717, 1.165) is 22.0 Å². The number of rotatable bonds is 7. The number of esters is 1. The number of fused-ring (bicyclic) bond motifs is 1. The number of halogens is 1. The summed E-state index contributed by atoms with van der Waals surface area (Å²) in [7, 11) is 1.49. The Morgan fingerprint density at radius 2 is 2.03 bits per heavy atom. The molecule has 0 bridgehead atoms. The molecule has 162 valence electrons. The summed E-state index contributed by atoms with van der Waals surface area (Å²) < 4.78 is 12.0. The summed E-state index contributed by atoms with van der Waals surface area (Å²) >= 11 is 9.91. The second-order valence-corrected chi connectivity index (χ2v) is 8.80. The van der Waals surface area contributed by atoms with Crippen molar-refractivity contribution >= 4 is 71.8 Å². The number of nitrogens with one attached hydrogen (secondary N) is 2. The molecule has 1 aromatic heterocycles. The molecule has 1 amide bonds. The minimum atomic E-state index is -0.408. The highest BCUT2D eigenvalue weighted by Gasteiger charge is 2.16. The van der Waals surface area contributed by atoms with Crippen LogP contribution in [0.15, 0.2) is 40.9 Å². The van der Waals surface area contributed by atoms with Gasteiger partial charge in [-0.3, -0.25) is 10.1 Å². The maximum Gasteiger partial charge on any atom is 0.338 e. The zero-order chi connectivity index (χ0) is 22.4. The van der Waals surface area contributed by atoms with Crippen LogP contribution >= 0.6 is 39.5 Å². The van der Waals surface area contributed by atoms with Gasteiger partial charge >= 0.3 is 5.97 Å². The van der Waals surface area contributed by atoms with E-state index in [1.165, 1.54) is 18.4 Å². The highest BCUT2D eigenvalue weighted by atomic mass is 79.9. The van der Waals surface area contributed by atoms with Crippen LogP contribution in [0.5, 0.6) is 5.75 Å². The van der Waals surface area contributed by atoms with Gasteiger partial charge in [0, 0.05) is 4.47 Å². The molecule has 7 nitrogen and oxygen atoms in total. The number of carbonyl (C=O) groups is 2. The molecule has 2 aromatic carbocycles. The fourth-order valence-electron chi connectivity index (χ4n) is 2.65. The van der Waals surface area contributed by atoms with Crippen molar-refractivity contribution in [3.8, 4) is 5.75 Å². The number of benzene rings is 2. The Labute approximate surface area is 197 Å². The Balaban J connectivity index is 1.67. The maximum absolute atomic E-state index is 12.6. The van der Waals surface area contributed by atoms with Crippen molar-refractivity contribution in [2.24, 2.45) is 0 Å². The fraction of sp³-hybridized carbons (Fsp3) is 0.238. The maximum atomic E-state index is 12.6. The number of aromatic nitrogens is 1. The van der Waals surface area contributed by atoms with Crippen molar-refractivity contribution in [3.63, 3.8) is 0 Å². The molecule has 2 N–H and O–H groups in total. The summed E-state index contributed by atoms with van der Waals surface area (Å²) in [5.74, 6) is -0.334. The molecule has 0 unspecified atom stereocenters. The van der Waals surface area contributed by atoms with E-state index in [2.05, 4.69) is 31.5 Å². The third-order valence-corrected chi connectivity index (χ3v) is 5.84. The van der Waals surface area contributed by atoms with E-state index in [1.54, 1.807) is 36.4 Å². The van der Waals surface area contributed by atoms with Crippen LogP contribution in [0.2, 0.25) is 0 Å². The Hall–Kier alpha value is -2.56. The van der Waals surface area contributed by atoms with Gasteiger partial charge in [-0.1, -0.05) is 40.6 Å². The quantitative estimate of drug-likeness (QED) is 0.252. The Morgan fingerprint density at radius 1 is 1.23 bits per heavy atom. The highest BCUT2D eigenvalue weighted by Crippen LogP contribution is 2.27. The van der Waals surface area contributed by atoms with Crippen molar-refractivity contribution < 1.29 is 19.1 Å². The van der Waals surface area contributed by atoms with Crippen LogP contribution in [0.25, 0.3) is 10.2 Å².